The Morgan fingerprint density at radius 3 is 2.90 bits per heavy atom. The summed E-state index contributed by atoms with van der Waals surface area (Å²) >= 11 is 0. The second kappa shape index (κ2) is 6.06. The molecule has 1 aromatic carbocycles. The Bertz CT molecular complexity index is 492. The minimum absolute atomic E-state index is 0.0562. The molecule has 0 saturated carbocycles. The lowest BCUT2D eigenvalue weighted by Crippen LogP contribution is -2.37. The summed E-state index contributed by atoms with van der Waals surface area (Å²) in [5.41, 5.74) is 3.47. The Morgan fingerprint density at radius 2 is 2.30 bits per heavy atom. The highest BCUT2D eigenvalue weighted by Gasteiger charge is 2.31. The largest absolute Gasteiger partial charge is 0.362 e. The lowest BCUT2D eigenvalue weighted by molar-refractivity contribution is -0.383. The van der Waals surface area contributed by atoms with Gasteiger partial charge >= 0.3 is 5.69 Å². The van der Waals surface area contributed by atoms with Gasteiger partial charge in [0.25, 0.3) is 0 Å². The predicted octanol–water partition coefficient (Wildman–Crippen LogP) is 1.41. The summed E-state index contributed by atoms with van der Waals surface area (Å²) in [6.07, 6.45) is 2.10. The van der Waals surface area contributed by atoms with Crippen LogP contribution in [0.1, 0.15) is 12.8 Å². The van der Waals surface area contributed by atoms with Crippen LogP contribution >= 0.6 is 0 Å². The normalized spacial score (nSPS) is 18.6. The molecular weight excluding hydrogens is 258 g/mol. The molecule has 1 heterocycles. The molecule has 0 bridgehead atoms. The summed E-state index contributed by atoms with van der Waals surface area (Å²) in [7, 11) is 4.03. The molecule has 0 spiro atoms. The topological polar surface area (TPSA) is 87.7 Å². The smallest absolute Gasteiger partial charge is 0.316 e. The number of nitro groups is 1. The molecule has 0 amide bonds. The molecule has 1 aliphatic heterocycles. The molecule has 20 heavy (non-hydrogen) atoms. The van der Waals surface area contributed by atoms with Gasteiger partial charge in [-0.25, -0.2) is 0 Å². The van der Waals surface area contributed by atoms with E-state index in [-0.39, 0.29) is 10.6 Å². The quantitative estimate of drug-likeness (QED) is 0.481. The molecule has 1 fully saturated rings. The molecule has 3 N–H and O–H groups in total. The van der Waals surface area contributed by atoms with Gasteiger partial charge in [-0.15, -0.1) is 0 Å². The Labute approximate surface area is 118 Å². The third-order valence-corrected chi connectivity index (χ3v) is 3.62. The Morgan fingerprint density at radius 1 is 1.55 bits per heavy atom. The molecule has 1 saturated heterocycles. The standard InChI is InChI=1S/C13H21N5O2/c1-16(2)9-10-5-4-8-17(10)12-7-3-6-11(15-14)13(12)18(19)20/h3,6-7,10,15H,4-5,8-9,14H2,1-2H3. The van der Waals surface area contributed by atoms with Crippen molar-refractivity contribution in [2.45, 2.75) is 18.9 Å². The predicted molar refractivity (Wildman–Crippen MR) is 79.8 cm³/mol. The number of benzene rings is 1. The van der Waals surface area contributed by atoms with Crippen LogP contribution < -0.4 is 16.2 Å². The van der Waals surface area contributed by atoms with Gasteiger partial charge in [-0.05, 0) is 39.1 Å². The van der Waals surface area contributed by atoms with Crippen LogP contribution in [0.5, 0.6) is 0 Å². The van der Waals surface area contributed by atoms with Crippen molar-refractivity contribution in [2.24, 2.45) is 5.84 Å². The second-order valence-corrected chi connectivity index (χ2v) is 5.33. The lowest BCUT2D eigenvalue weighted by Gasteiger charge is -2.29. The summed E-state index contributed by atoms with van der Waals surface area (Å²) < 4.78 is 0. The fraction of sp³-hybridized carbons (Fsp3) is 0.538. The summed E-state index contributed by atoms with van der Waals surface area (Å²) in [5, 5.41) is 11.4. The summed E-state index contributed by atoms with van der Waals surface area (Å²) in [5.74, 6) is 5.39. The maximum Gasteiger partial charge on any atom is 0.316 e. The van der Waals surface area contributed by atoms with Gasteiger partial charge in [-0.2, -0.15) is 0 Å². The molecule has 1 aromatic rings. The van der Waals surface area contributed by atoms with E-state index in [4.69, 9.17) is 5.84 Å². The van der Waals surface area contributed by atoms with Crippen LogP contribution in [0.4, 0.5) is 17.1 Å². The van der Waals surface area contributed by atoms with Crippen molar-refractivity contribution in [3.63, 3.8) is 0 Å². The highest BCUT2D eigenvalue weighted by Crippen LogP contribution is 2.38. The van der Waals surface area contributed by atoms with Crippen molar-refractivity contribution >= 4 is 17.1 Å². The van der Waals surface area contributed by atoms with E-state index in [1.165, 1.54) is 0 Å². The van der Waals surface area contributed by atoms with Crippen LogP contribution in [0.25, 0.3) is 0 Å². The summed E-state index contributed by atoms with van der Waals surface area (Å²) in [6.45, 7) is 1.73. The van der Waals surface area contributed by atoms with E-state index >= 15 is 0 Å². The van der Waals surface area contributed by atoms with Crippen LogP contribution in [0.2, 0.25) is 0 Å². The van der Waals surface area contributed by atoms with E-state index < -0.39 is 0 Å². The minimum Gasteiger partial charge on any atom is -0.362 e. The zero-order valence-corrected chi connectivity index (χ0v) is 11.9. The van der Waals surface area contributed by atoms with Gasteiger partial charge < -0.3 is 15.2 Å². The molecule has 7 nitrogen and oxygen atoms in total. The van der Waals surface area contributed by atoms with Gasteiger partial charge in [0, 0.05) is 19.1 Å². The Balaban J connectivity index is 2.38. The molecule has 7 heteroatoms. The fourth-order valence-corrected chi connectivity index (χ4v) is 2.84. The van der Waals surface area contributed by atoms with Crippen molar-refractivity contribution in [3.8, 4) is 0 Å². The molecule has 1 unspecified atom stereocenters. The van der Waals surface area contributed by atoms with E-state index in [1.807, 2.05) is 14.1 Å². The third-order valence-electron chi connectivity index (χ3n) is 3.62. The first-order valence-corrected chi connectivity index (χ1v) is 6.70. The van der Waals surface area contributed by atoms with Gasteiger partial charge in [0.05, 0.1) is 4.92 Å². The molecule has 110 valence electrons. The number of nitrogens with zero attached hydrogens (tertiary/aromatic N) is 3. The van der Waals surface area contributed by atoms with E-state index in [0.717, 1.165) is 25.9 Å². The SMILES string of the molecule is CN(C)CC1CCCN1c1cccc(NN)c1[N+](=O)[O-]. The number of likely N-dealkylation sites (N-methyl/N-ethyl adjacent to an activating group) is 1. The second-order valence-electron chi connectivity index (χ2n) is 5.33. The molecule has 0 aromatic heterocycles. The van der Waals surface area contributed by atoms with Crippen molar-refractivity contribution in [1.82, 2.24) is 4.90 Å². The summed E-state index contributed by atoms with van der Waals surface area (Å²) in [4.78, 5) is 15.2. The molecule has 1 atom stereocenters. The molecular formula is C13H21N5O2. The number of rotatable bonds is 5. The van der Waals surface area contributed by atoms with Crippen molar-refractivity contribution in [1.29, 1.82) is 0 Å². The van der Waals surface area contributed by atoms with Crippen molar-refractivity contribution in [3.05, 3.63) is 28.3 Å². The highest BCUT2D eigenvalue weighted by atomic mass is 16.6. The highest BCUT2D eigenvalue weighted by molar-refractivity contribution is 5.77. The van der Waals surface area contributed by atoms with E-state index in [2.05, 4.69) is 15.2 Å². The zero-order chi connectivity index (χ0) is 14.7. The third kappa shape index (κ3) is 2.83. The van der Waals surface area contributed by atoms with Crippen LogP contribution in [0, 0.1) is 10.1 Å². The van der Waals surface area contributed by atoms with Gasteiger partial charge in [0.2, 0.25) is 0 Å². The van der Waals surface area contributed by atoms with Gasteiger partial charge in [0.15, 0.2) is 0 Å². The van der Waals surface area contributed by atoms with E-state index in [1.54, 1.807) is 18.2 Å². The number of nitrogen functional groups attached to an aromatic ring is 1. The first-order chi connectivity index (χ1) is 9.54. The lowest BCUT2D eigenvalue weighted by atomic mass is 10.1. The Hall–Kier alpha value is -1.86. The van der Waals surface area contributed by atoms with Gasteiger partial charge in [-0.3, -0.25) is 16.0 Å². The average molecular weight is 279 g/mol. The van der Waals surface area contributed by atoms with E-state index in [9.17, 15) is 10.1 Å². The number of nitrogens with two attached hydrogens (primary N) is 1. The van der Waals surface area contributed by atoms with E-state index in [0.29, 0.717) is 17.4 Å². The van der Waals surface area contributed by atoms with Crippen molar-refractivity contribution < 1.29 is 4.92 Å². The van der Waals surface area contributed by atoms with Gasteiger partial charge in [0.1, 0.15) is 11.4 Å². The maximum absolute atomic E-state index is 11.4. The van der Waals surface area contributed by atoms with Crippen LogP contribution in [0.15, 0.2) is 18.2 Å². The molecule has 1 aliphatic rings. The molecule has 2 rings (SSSR count). The minimum atomic E-state index is -0.366. The molecule has 0 aliphatic carbocycles. The average Bonchev–Trinajstić information content (AvgIpc) is 2.84. The number of anilines is 2. The zero-order valence-electron chi connectivity index (χ0n) is 11.9. The number of hydrogen-bond acceptors (Lipinski definition) is 6. The van der Waals surface area contributed by atoms with Crippen LogP contribution in [-0.2, 0) is 0 Å². The Kier molecular flexibility index (Phi) is 4.41. The number of hydrogen-bond donors (Lipinski definition) is 2. The number of nitro benzene ring substituents is 1. The first-order valence-electron chi connectivity index (χ1n) is 6.70. The fourth-order valence-electron chi connectivity index (χ4n) is 2.84. The maximum atomic E-state index is 11.4. The van der Waals surface area contributed by atoms with Crippen molar-refractivity contribution in [2.75, 3.05) is 37.5 Å². The number of para-hydroxylation sites is 1. The monoisotopic (exact) mass is 279 g/mol. The number of hydrazine groups is 1. The number of nitrogens with one attached hydrogen (secondary N) is 1. The summed E-state index contributed by atoms with van der Waals surface area (Å²) in [6, 6.07) is 5.52. The molecule has 0 radical (unpaired) electrons. The first kappa shape index (κ1) is 14.5. The van der Waals surface area contributed by atoms with Gasteiger partial charge in [-0.1, -0.05) is 6.07 Å². The van der Waals surface area contributed by atoms with Crippen LogP contribution in [-0.4, -0.2) is 43.0 Å². The van der Waals surface area contributed by atoms with Crippen LogP contribution in [0.3, 0.4) is 0 Å².